The van der Waals surface area contributed by atoms with Crippen LogP contribution in [0.2, 0.25) is 0 Å². The molecule has 1 heterocycles. The van der Waals surface area contributed by atoms with Gasteiger partial charge in [0.25, 0.3) is 5.91 Å². The fourth-order valence-corrected chi connectivity index (χ4v) is 3.30. The SMILES string of the molecule is COc1ccc(CNC(=O)[C@H](C)[NH+](C)Cc2sccc2C)cc1. The summed E-state index contributed by atoms with van der Waals surface area (Å²) in [6.45, 7) is 5.51. The van der Waals surface area contributed by atoms with Crippen molar-refractivity contribution in [2.24, 2.45) is 0 Å². The van der Waals surface area contributed by atoms with Gasteiger partial charge < -0.3 is 15.0 Å². The van der Waals surface area contributed by atoms with Crippen LogP contribution in [-0.4, -0.2) is 26.1 Å². The van der Waals surface area contributed by atoms with Gasteiger partial charge in [0.2, 0.25) is 0 Å². The molecule has 0 aliphatic heterocycles. The lowest BCUT2D eigenvalue weighted by atomic mass is 10.2. The Morgan fingerprint density at radius 2 is 2.00 bits per heavy atom. The first-order chi connectivity index (χ1) is 11.0. The minimum Gasteiger partial charge on any atom is -0.497 e. The average Bonchev–Trinajstić information content (AvgIpc) is 2.97. The average molecular weight is 333 g/mol. The third-order valence-corrected chi connectivity index (χ3v) is 5.19. The molecule has 2 aromatic rings. The summed E-state index contributed by atoms with van der Waals surface area (Å²) in [5.74, 6) is 0.900. The van der Waals surface area contributed by atoms with Crippen LogP contribution in [0.15, 0.2) is 35.7 Å². The van der Waals surface area contributed by atoms with Gasteiger partial charge in [-0.25, -0.2) is 0 Å². The molecule has 5 heteroatoms. The monoisotopic (exact) mass is 333 g/mol. The van der Waals surface area contributed by atoms with Gasteiger partial charge in [-0.3, -0.25) is 4.79 Å². The van der Waals surface area contributed by atoms with E-state index in [-0.39, 0.29) is 11.9 Å². The smallest absolute Gasteiger partial charge is 0.278 e. The van der Waals surface area contributed by atoms with Crippen molar-refractivity contribution in [3.63, 3.8) is 0 Å². The molecule has 1 amide bonds. The first kappa shape index (κ1) is 17.5. The van der Waals surface area contributed by atoms with E-state index in [9.17, 15) is 4.79 Å². The van der Waals surface area contributed by atoms with Crippen molar-refractivity contribution >= 4 is 17.2 Å². The van der Waals surface area contributed by atoms with Crippen LogP contribution in [0.25, 0.3) is 0 Å². The topological polar surface area (TPSA) is 42.8 Å². The van der Waals surface area contributed by atoms with Crippen molar-refractivity contribution in [2.75, 3.05) is 14.2 Å². The molecular weight excluding hydrogens is 308 g/mol. The Morgan fingerprint density at radius 3 is 2.57 bits per heavy atom. The number of amides is 1. The first-order valence-electron chi connectivity index (χ1n) is 7.77. The summed E-state index contributed by atoms with van der Waals surface area (Å²) in [5, 5.41) is 5.12. The van der Waals surface area contributed by atoms with E-state index in [4.69, 9.17) is 4.74 Å². The van der Waals surface area contributed by atoms with Crippen LogP contribution < -0.4 is 15.0 Å². The second kappa shape index (κ2) is 8.13. The van der Waals surface area contributed by atoms with E-state index >= 15 is 0 Å². The van der Waals surface area contributed by atoms with Crippen molar-refractivity contribution in [3.8, 4) is 5.75 Å². The molecule has 2 rings (SSSR count). The minimum atomic E-state index is -0.0882. The highest BCUT2D eigenvalue weighted by Crippen LogP contribution is 2.14. The predicted octanol–water partition coefficient (Wildman–Crippen LogP) is 1.78. The molecule has 0 saturated carbocycles. The summed E-state index contributed by atoms with van der Waals surface area (Å²) < 4.78 is 5.13. The molecule has 0 spiro atoms. The van der Waals surface area contributed by atoms with Crippen molar-refractivity contribution < 1.29 is 14.4 Å². The number of likely N-dealkylation sites (N-methyl/N-ethyl adjacent to an activating group) is 1. The molecule has 0 aliphatic carbocycles. The first-order valence-corrected chi connectivity index (χ1v) is 8.65. The van der Waals surface area contributed by atoms with Crippen molar-refractivity contribution in [3.05, 3.63) is 51.7 Å². The van der Waals surface area contributed by atoms with Gasteiger partial charge in [0.05, 0.1) is 19.0 Å². The van der Waals surface area contributed by atoms with Crippen LogP contribution in [0.3, 0.4) is 0 Å². The van der Waals surface area contributed by atoms with Gasteiger partial charge in [-0.05, 0) is 48.6 Å². The van der Waals surface area contributed by atoms with Gasteiger partial charge in [-0.1, -0.05) is 12.1 Å². The second-order valence-electron chi connectivity index (χ2n) is 5.84. The summed E-state index contributed by atoms with van der Waals surface area (Å²) in [4.78, 5) is 14.9. The van der Waals surface area contributed by atoms with Crippen LogP contribution in [0.5, 0.6) is 5.75 Å². The Morgan fingerprint density at radius 1 is 1.30 bits per heavy atom. The van der Waals surface area contributed by atoms with Gasteiger partial charge >= 0.3 is 0 Å². The number of carbonyl (C=O) groups is 1. The van der Waals surface area contributed by atoms with Gasteiger partial charge in [0.15, 0.2) is 6.04 Å². The number of thiophene rings is 1. The van der Waals surface area contributed by atoms with Crippen LogP contribution in [0.4, 0.5) is 0 Å². The van der Waals surface area contributed by atoms with Crippen molar-refractivity contribution in [1.29, 1.82) is 0 Å². The molecule has 0 aliphatic rings. The second-order valence-corrected chi connectivity index (χ2v) is 6.84. The Balaban J connectivity index is 1.85. The van der Waals surface area contributed by atoms with Crippen LogP contribution in [-0.2, 0) is 17.9 Å². The molecule has 0 saturated heterocycles. The molecule has 0 fully saturated rings. The number of aryl methyl sites for hydroxylation is 1. The number of rotatable bonds is 7. The van der Waals surface area contributed by atoms with E-state index in [0.29, 0.717) is 6.54 Å². The van der Waals surface area contributed by atoms with E-state index in [1.165, 1.54) is 15.3 Å². The third kappa shape index (κ3) is 4.81. The molecule has 2 atom stereocenters. The summed E-state index contributed by atoms with van der Waals surface area (Å²) in [6, 6.07) is 9.78. The molecule has 4 nitrogen and oxygen atoms in total. The fourth-order valence-electron chi connectivity index (χ4n) is 2.30. The highest BCUT2D eigenvalue weighted by atomic mass is 32.1. The number of quaternary nitrogens is 1. The Bertz CT molecular complexity index is 637. The zero-order valence-corrected chi connectivity index (χ0v) is 15.0. The molecule has 1 unspecified atom stereocenters. The maximum Gasteiger partial charge on any atom is 0.278 e. The molecular formula is C18H25N2O2S+. The maximum absolute atomic E-state index is 12.3. The number of hydrogen-bond donors (Lipinski definition) is 2. The number of hydrogen-bond acceptors (Lipinski definition) is 3. The zero-order valence-electron chi connectivity index (χ0n) is 14.2. The largest absolute Gasteiger partial charge is 0.497 e. The van der Waals surface area contributed by atoms with Crippen LogP contribution in [0, 0.1) is 6.92 Å². The van der Waals surface area contributed by atoms with Crippen LogP contribution >= 0.6 is 11.3 Å². The molecule has 1 aromatic carbocycles. The van der Waals surface area contributed by atoms with E-state index in [0.717, 1.165) is 17.9 Å². The normalized spacial score (nSPS) is 13.4. The van der Waals surface area contributed by atoms with E-state index < -0.39 is 0 Å². The van der Waals surface area contributed by atoms with E-state index in [1.807, 2.05) is 31.2 Å². The Kier molecular flexibility index (Phi) is 6.19. The zero-order chi connectivity index (χ0) is 16.8. The lowest BCUT2D eigenvalue weighted by molar-refractivity contribution is -0.907. The maximum atomic E-state index is 12.3. The molecule has 124 valence electrons. The molecule has 2 N–H and O–H groups in total. The summed E-state index contributed by atoms with van der Waals surface area (Å²) in [5.41, 5.74) is 2.37. The standard InChI is InChI=1S/C18H24N2O2S/c1-13-9-10-23-17(13)12-20(3)14(2)18(21)19-11-15-5-7-16(22-4)8-6-15/h5-10,14H,11-12H2,1-4H3,(H,19,21)/p+1/t14-/m0/s1. The van der Waals surface area contributed by atoms with Gasteiger partial charge in [0.1, 0.15) is 12.3 Å². The summed E-state index contributed by atoms with van der Waals surface area (Å²) >= 11 is 1.76. The third-order valence-electron chi connectivity index (χ3n) is 4.17. The molecule has 0 radical (unpaired) electrons. The summed E-state index contributed by atoms with van der Waals surface area (Å²) in [6.07, 6.45) is 0. The Hall–Kier alpha value is -1.85. The minimum absolute atomic E-state index is 0.0764. The molecule has 0 bridgehead atoms. The van der Waals surface area contributed by atoms with E-state index in [1.54, 1.807) is 18.4 Å². The van der Waals surface area contributed by atoms with Gasteiger partial charge in [-0.15, -0.1) is 11.3 Å². The quantitative estimate of drug-likeness (QED) is 0.811. The van der Waals surface area contributed by atoms with Crippen molar-refractivity contribution in [2.45, 2.75) is 33.0 Å². The number of carbonyl (C=O) groups excluding carboxylic acids is 1. The van der Waals surface area contributed by atoms with E-state index in [2.05, 4.69) is 30.7 Å². The number of ether oxygens (including phenoxy) is 1. The molecule has 23 heavy (non-hydrogen) atoms. The summed E-state index contributed by atoms with van der Waals surface area (Å²) in [7, 11) is 3.71. The van der Waals surface area contributed by atoms with Crippen LogP contribution in [0.1, 0.15) is 22.9 Å². The predicted molar refractivity (Wildman–Crippen MR) is 93.9 cm³/mol. The highest BCUT2D eigenvalue weighted by molar-refractivity contribution is 7.10. The highest BCUT2D eigenvalue weighted by Gasteiger charge is 2.22. The number of nitrogens with one attached hydrogen (secondary N) is 2. The van der Waals surface area contributed by atoms with Gasteiger partial charge in [-0.2, -0.15) is 0 Å². The number of methoxy groups -OCH3 is 1. The molecule has 1 aromatic heterocycles. The van der Waals surface area contributed by atoms with Crippen molar-refractivity contribution in [1.82, 2.24) is 5.32 Å². The fraction of sp³-hybridized carbons (Fsp3) is 0.389. The Labute approximate surface area is 142 Å². The number of benzene rings is 1. The lowest BCUT2D eigenvalue weighted by Gasteiger charge is -2.21. The van der Waals surface area contributed by atoms with Gasteiger partial charge in [0, 0.05) is 6.54 Å². The lowest BCUT2D eigenvalue weighted by Crippen LogP contribution is -3.12.